The number of carboxylic acid groups (broad SMARTS) is 1. The summed E-state index contributed by atoms with van der Waals surface area (Å²) in [5.41, 5.74) is 5.06. The highest BCUT2D eigenvalue weighted by Gasteiger charge is 2.34. The van der Waals surface area contributed by atoms with E-state index in [0.717, 1.165) is 46.8 Å². The van der Waals surface area contributed by atoms with E-state index in [1.807, 2.05) is 57.2 Å². The molecule has 2 aromatic rings. The molecule has 1 heterocycles. The number of ether oxygens (including phenoxy) is 1. The van der Waals surface area contributed by atoms with Crippen LogP contribution in [0.4, 0.5) is 0 Å². The summed E-state index contributed by atoms with van der Waals surface area (Å²) >= 11 is 0. The number of nitrogens with zero attached hydrogens (tertiary/aromatic N) is 1. The van der Waals surface area contributed by atoms with E-state index in [9.17, 15) is 9.90 Å². The van der Waals surface area contributed by atoms with E-state index >= 15 is 0 Å². The smallest absolute Gasteiger partial charge is 0.307 e. The summed E-state index contributed by atoms with van der Waals surface area (Å²) in [6, 6.07) is 8.12. The molecule has 1 aliphatic carbocycles. The maximum atomic E-state index is 11.5. The minimum Gasteiger partial charge on any atom is -0.494 e. The highest BCUT2D eigenvalue weighted by molar-refractivity contribution is 5.71. The van der Waals surface area contributed by atoms with Gasteiger partial charge in [-0.25, -0.2) is 4.98 Å². The van der Waals surface area contributed by atoms with Crippen LogP contribution in [-0.2, 0) is 16.0 Å². The molecule has 0 aliphatic heterocycles. The Morgan fingerprint density at radius 2 is 2.06 bits per heavy atom. The van der Waals surface area contributed by atoms with Gasteiger partial charge in [-0.3, -0.25) is 4.79 Å². The molecule has 3 rings (SSSR count). The van der Waals surface area contributed by atoms with Crippen molar-refractivity contribution in [2.75, 3.05) is 6.61 Å². The van der Waals surface area contributed by atoms with Gasteiger partial charge in [-0.15, -0.1) is 0 Å². The standard InChI is InChI=1S/C27H33NO4/c1-6-22(16-21-12-13-24(18(21)4)23(7-2)27(29)30)31-15-14-25-19(5)32-26(28-25)20-10-8-17(3)9-11-20/h6,8-11,16,23-24H,4,7,12-15H2,1-3,5H3,(H,29,30). The summed E-state index contributed by atoms with van der Waals surface area (Å²) in [5.74, 6) is 1.08. The van der Waals surface area contributed by atoms with Crippen LogP contribution in [0.2, 0.25) is 0 Å². The van der Waals surface area contributed by atoms with Gasteiger partial charge in [0.25, 0.3) is 0 Å². The lowest BCUT2D eigenvalue weighted by Crippen LogP contribution is -2.21. The van der Waals surface area contributed by atoms with Crippen molar-refractivity contribution in [2.45, 2.75) is 53.4 Å². The Hall–Kier alpha value is -3.08. The second-order valence-corrected chi connectivity index (χ2v) is 8.37. The molecule has 0 spiro atoms. The van der Waals surface area contributed by atoms with E-state index in [0.29, 0.717) is 25.3 Å². The van der Waals surface area contributed by atoms with Crippen LogP contribution in [-0.4, -0.2) is 22.7 Å². The lowest BCUT2D eigenvalue weighted by Gasteiger charge is -2.18. The zero-order valence-corrected chi connectivity index (χ0v) is 19.5. The van der Waals surface area contributed by atoms with Crippen molar-refractivity contribution < 1.29 is 19.1 Å². The van der Waals surface area contributed by atoms with Crippen molar-refractivity contribution in [3.05, 3.63) is 76.9 Å². The number of allylic oxidation sites excluding steroid dienone is 4. The predicted octanol–water partition coefficient (Wildman–Crippen LogP) is 6.42. The summed E-state index contributed by atoms with van der Waals surface area (Å²) in [7, 11) is 0. The van der Waals surface area contributed by atoms with Crippen molar-refractivity contribution in [1.82, 2.24) is 4.98 Å². The first-order valence-corrected chi connectivity index (χ1v) is 11.3. The Labute approximate surface area is 190 Å². The number of oxazole rings is 1. The van der Waals surface area contributed by atoms with Gasteiger partial charge in [0, 0.05) is 12.0 Å². The summed E-state index contributed by atoms with van der Waals surface area (Å²) in [6.07, 6.45) is 6.84. The third kappa shape index (κ3) is 5.39. The SMILES string of the molecule is C=C1C(=CC(=CC)OCCc2nc(-c3ccc(C)cc3)oc2C)CCC1C(CC)C(=O)O. The molecule has 0 radical (unpaired) electrons. The quantitative estimate of drug-likeness (QED) is 0.460. The van der Waals surface area contributed by atoms with Gasteiger partial charge in [-0.05, 0) is 81.4 Å². The third-order valence-corrected chi connectivity index (χ3v) is 6.23. The van der Waals surface area contributed by atoms with Crippen LogP contribution >= 0.6 is 0 Å². The molecule has 1 saturated carbocycles. The second-order valence-electron chi connectivity index (χ2n) is 8.37. The molecule has 32 heavy (non-hydrogen) atoms. The van der Waals surface area contributed by atoms with Gasteiger partial charge in [0.2, 0.25) is 5.89 Å². The molecule has 1 N–H and O–H groups in total. The average molecular weight is 436 g/mol. The number of carbonyl (C=O) groups is 1. The Morgan fingerprint density at radius 3 is 2.69 bits per heavy atom. The maximum Gasteiger partial charge on any atom is 0.307 e. The average Bonchev–Trinajstić information content (AvgIpc) is 3.31. The van der Waals surface area contributed by atoms with E-state index in [4.69, 9.17) is 9.15 Å². The number of rotatable bonds is 9. The molecule has 170 valence electrons. The lowest BCUT2D eigenvalue weighted by atomic mass is 9.86. The molecular weight excluding hydrogens is 402 g/mol. The Morgan fingerprint density at radius 1 is 1.34 bits per heavy atom. The van der Waals surface area contributed by atoms with Crippen LogP contribution in [0.5, 0.6) is 0 Å². The predicted molar refractivity (Wildman–Crippen MR) is 126 cm³/mol. The normalized spacial score (nSPS) is 18.9. The van der Waals surface area contributed by atoms with Crippen LogP contribution in [0.3, 0.4) is 0 Å². The molecule has 1 fully saturated rings. The van der Waals surface area contributed by atoms with Crippen molar-refractivity contribution in [2.24, 2.45) is 11.8 Å². The fraction of sp³-hybridized carbons (Fsp3) is 0.407. The third-order valence-electron chi connectivity index (χ3n) is 6.23. The van der Waals surface area contributed by atoms with Crippen LogP contribution in [0.1, 0.15) is 50.1 Å². The largest absolute Gasteiger partial charge is 0.494 e. The first-order valence-electron chi connectivity index (χ1n) is 11.3. The van der Waals surface area contributed by atoms with Crippen LogP contribution in [0.15, 0.2) is 64.3 Å². The number of hydrogen-bond donors (Lipinski definition) is 1. The van der Waals surface area contributed by atoms with Gasteiger partial charge in [0.1, 0.15) is 11.5 Å². The highest BCUT2D eigenvalue weighted by atomic mass is 16.5. The monoisotopic (exact) mass is 435 g/mol. The molecule has 2 atom stereocenters. The number of benzene rings is 1. The lowest BCUT2D eigenvalue weighted by molar-refractivity contribution is -0.143. The zero-order chi connectivity index (χ0) is 23.3. The number of aromatic nitrogens is 1. The Balaban J connectivity index is 1.60. The topological polar surface area (TPSA) is 72.6 Å². The molecule has 0 bridgehead atoms. The van der Waals surface area contributed by atoms with Gasteiger partial charge in [0.15, 0.2) is 0 Å². The fourth-order valence-corrected chi connectivity index (χ4v) is 4.25. The number of carboxylic acids is 1. The van der Waals surface area contributed by atoms with E-state index in [1.165, 1.54) is 5.56 Å². The molecule has 1 aliphatic rings. The molecule has 2 unspecified atom stereocenters. The van der Waals surface area contributed by atoms with Gasteiger partial charge in [-0.2, -0.15) is 0 Å². The summed E-state index contributed by atoms with van der Waals surface area (Å²) in [5, 5.41) is 9.49. The molecular formula is C27H33NO4. The van der Waals surface area contributed by atoms with Gasteiger partial charge < -0.3 is 14.3 Å². The van der Waals surface area contributed by atoms with Crippen molar-refractivity contribution >= 4 is 5.97 Å². The van der Waals surface area contributed by atoms with E-state index in [1.54, 1.807) is 0 Å². The zero-order valence-electron chi connectivity index (χ0n) is 19.5. The van der Waals surface area contributed by atoms with E-state index in [2.05, 4.69) is 18.5 Å². The summed E-state index contributed by atoms with van der Waals surface area (Å²) in [6.45, 7) is 12.5. The Kier molecular flexibility index (Phi) is 7.73. The fourth-order valence-electron chi connectivity index (χ4n) is 4.25. The number of aliphatic carboxylic acids is 1. The van der Waals surface area contributed by atoms with Crippen molar-refractivity contribution in [3.8, 4) is 11.5 Å². The molecule has 5 nitrogen and oxygen atoms in total. The van der Waals surface area contributed by atoms with Crippen molar-refractivity contribution in [1.29, 1.82) is 0 Å². The first kappa shape index (κ1) is 23.6. The number of hydrogen-bond acceptors (Lipinski definition) is 4. The van der Waals surface area contributed by atoms with E-state index < -0.39 is 5.97 Å². The Bertz CT molecular complexity index is 1030. The van der Waals surface area contributed by atoms with Crippen LogP contribution in [0.25, 0.3) is 11.5 Å². The van der Waals surface area contributed by atoms with Crippen LogP contribution < -0.4 is 0 Å². The molecule has 1 aromatic heterocycles. The minimum absolute atomic E-state index is 0.000156. The summed E-state index contributed by atoms with van der Waals surface area (Å²) in [4.78, 5) is 16.2. The van der Waals surface area contributed by atoms with Gasteiger partial charge >= 0.3 is 5.97 Å². The van der Waals surface area contributed by atoms with E-state index in [-0.39, 0.29) is 11.8 Å². The minimum atomic E-state index is -0.740. The summed E-state index contributed by atoms with van der Waals surface area (Å²) < 4.78 is 11.9. The van der Waals surface area contributed by atoms with Crippen LogP contribution in [0, 0.1) is 25.7 Å². The first-order chi connectivity index (χ1) is 15.3. The van der Waals surface area contributed by atoms with Crippen molar-refractivity contribution in [3.63, 3.8) is 0 Å². The molecule has 0 saturated heterocycles. The number of aryl methyl sites for hydroxylation is 2. The maximum absolute atomic E-state index is 11.5. The van der Waals surface area contributed by atoms with Gasteiger partial charge in [-0.1, -0.05) is 31.2 Å². The second kappa shape index (κ2) is 10.5. The molecule has 5 heteroatoms. The molecule has 0 amide bonds. The molecule has 1 aromatic carbocycles. The van der Waals surface area contributed by atoms with Gasteiger partial charge in [0.05, 0.1) is 18.2 Å². The highest BCUT2D eigenvalue weighted by Crippen LogP contribution is 2.41.